The van der Waals surface area contributed by atoms with Gasteiger partial charge in [-0.25, -0.2) is 21.6 Å². The minimum Gasteiger partial charge on any atom is -0.497 e. The molecule has 1 saturated carbocycles. The molecule has 48 heavy (non-hydrogen) atoms. The zero-order valence-corrected chi connectivity index (χ0v) is 30.1. The lowest BCUT2D eigenvalue weighted by molar-refractivity contribution is 0.0981. The van der Waals surface area contributed by atoms with Gasteiger partial charge in [0.1, 0.15) is 10.5 Å². The van der Waals surface area contributed by atoms with E-state index in [2.05, 4.69) is 20.3 Å². The lowest BCUT2D eigenvalue weighted by atomic mass is 9.81. The second-order valence-corrected chi connectivity index (χ2v) is 19.5. The quantitative estimate of drug-likeness (QED) is 0.358. The first-order valence-corrected chi connectivity index (χ1v) is 20.4. The maximum Gasteiger partial charge on any atom is 0.264 e. The van der Waals surface area contributed by atoms with Crippen molar-refractivity contribution in [2.24, 2.45) is 0 Å². The van der Waals surface area contributed by atoms with Crippen LogP contribution in [0.25, 0.3) is 22.2 Å². The lowest BCUT2D eigenvalue weighted by Gasteiger charge is -2.41. The van der Waals surface area contributed by atoms with Gasteiger partial charge in [0.05, 0.1) is 18.1 Å². The van der Waals surface area contributed by atoms with E-state index < -0.39 is 36.0 Å². The summed E-state index contributed by atoms with van der Waals surface area (Å²) in [7, 11) is -6.02. The Morgan fingerprint density at radius 1 is 0.958 bits per heavy atom. The Balaban J connectivity index is 1.43. The molecule has 0 radical (unpaired) electrons. The molecule has 2 saturated heterocycles. The molecule has 260 valence electrons. The molecule has 12 heteroatoms. The molecule has 2 aromatic carbocycles. The number of sulfonamides is 2. The summed E-state index contributed by atoms with van der Waals surface area (Å²) in [4.78, 5) is 15.8. The third-order valence-corrected chi connectivity index (χ3v) is 15.6. The summed E-state index contributed by atoms with van der Waals surface area (Å²) in [6, 6.07) is 11.6. The average Bonchev–Trinajstić information content (AvgIpc) is 3.63. The van der Waals surface area contributed by atoms with Crippen molar-refractivity contribution in [3.63, 3.8) is 0 Å². The van der Waals surface area contributed by atoms with Gasteiger partial charge in [-0.3, -0.25) is 9.69 Å². The number of ether oxygens (including phenoxy) is 1. The van der Waals surface area contributed by atoms with Gasteiger partial charge >= 0.3 is 0 Å². The van der Waals surface area contributed by atoms with Crippen LogP contribution in [-0.2, 0) is 33.0 Å². The summed E-state index contributed by atoms with van der Waals surface area (Å²) in [6.07, 6.45) is 7.93. The van der Waals surface area contributed by atoms with Crippen LogP contribution in [0.5, 0.6) is 5.75 Å². The van der Waals surface area contributed by atoms with Crippen LogP contribution < -0.4 is 9.46 Å². The van der Waals surface area contributed by atoms with E-state index in [0.29, 0.717) is 25.3 Å². The molecule has 1 N–H and O–H groups in total. The van der Waals surface area contributed by atoms with E-state index in [1.54, 1.807) is 23.5 Å². The number of rotatable bonds is 7. The highest BCUT2D eigenvalue weighted by Gasteiger charge is 2.49. The van der Waals surface area contributed by atoms with Gasteiger partial charge in [-0.2, -0.15) is 4.31 Å². The molecule has 4 heterocycles. The highest BCUT2D eigenvalue weighted by atomic mass is 32.2. The van der Waals surface area contributed by atoms with Crippen molar-refractivity contribution >= 4 is 36.9 Å². The minimum absolute atomic E-state index is 0.200. The normalized spacial score (nSPS) is 24.2. The molecule has 2 atom stereocenters. The second-order valence-electron chi connectivity index (χ2n) is 14.8. The maximum atomic E-state index is 15.0. The monoisotopic (exact) mass is 696 g/mol. The fourth-order valence-corrected chi connectivity index (χ4v) is 11.2. The molecule has 0 bridgehead atoms. The Kier molecular flexibility index (Phi) is 8.70. The van der Waals surface area contributed by atoms with Crippen LogP contribution in [0, 0.1) is 0 Å². The van der Waals surface area contributed by atoms with Crippen LogP contribution in [0.15, 0.2) is 36.4 Å². The summed E-state index contributed by atoms with van der Waals surface area (Å²) < 4.78 is 65.8. The molecule has 3 aromatic rings. The molecule has 10 nitrogen and oxygen atoms in total. The van der Waals surface area contributed by atoms with Gasteiger partial charge in [0, 0.05) is 54.3 Å². The van der Waals surface area contributed by atoms with E-state index in [0.717, 1.165) is 79.3 Å². The van der Waals surface area contributed by atoms with Crippen LogP contribution in [0.4, 0.5) is 0 Å². The molecule has 3 fully saturated rings. The lowest BCUT2D eigenvalue weighted by Crippen LogP contribution is -2.58. The molecule has 7 rings (SSSR count). The molecule has 4 aliphatic rings. The number of nitrogens with zero attached hydrogens (tertiary/aromatic N) is 3. The first-order chi connectivity index (χ1) is 22.8. The number of carbonyl (C=O) groups excluding carboxylic acids is 1. The number of carbonyl (C=O) groups is 1. The fourth-order valence-electron chi connectivity index (χ4n) is 8.62. The Labute approximate surface area is 284 Å². The van der Waals surface area contributed by atoms with Gasteiger partial charge in [-0.05, 0) is 107 Å². The molecule has 1 aromatic heterocycles. The zero-order chi connectivity index (χ0) is 34.0. The van der Waals surface area contributed by atoms with Crippen molar-refractivity contribution in [1.29, 1.82) is 0 Å². The minimum atomic E-state index is -3.84. The number of piperazine rings is 1. The first-order valence-electron chi connectivity index (χ1n) is 17.5. The standard InChI is InChI=1S/C36H48N4O6S2/c1-24(2)47(42,43)37-35(41)26-12-14-31-32(20-26)40-23-36(3,48(44,45)39-18-17-38-16-8-11-28(38)22-39)21-27-19-29(46-4)13-15-30(27)34(40)33(31)25-9-6-5-7-10-25/h12-15,19-20,24-25,28H,5-11,16-18,21-23H2,1-4H3,(H,37,41). The molecule has 2 unspecified atom stereocenters. The third kappa shape index (κ3) is 5.66. The Hall–Kier alpha value is -2.93. The topological polar surface area (TPSA) is 118 Å². The van der Waals surface area contributed by atoms with E-state index in [-0.39, 0.29) is 24.1 Å². The fraction of sp³-hybridized carbons (Fsp3) is 0.583. The highest BCUT2D eigenvalue weighted by molar-refractivity contribution is 7.90. The van der Waals surface area contributed by atoms with Crippen molar-refractivity contribution in [2.45, 2.75) is 101 Å². The van der Waals surface area contributed by atoms with Crippen molar-refractivity contribution in [2.75, 3.05) is 33.3 Å². The Bertz CT molecular complexity index is 1960. The molecular formula is C36H48N4O6S2. The molecular weight excluding hydrogens is 649 g/mol. The maximum absolute atomic E-state index is 15.0. The van der Waals surface area contributed by atoms with Gasteiger partial charge < -0.3 is 9.30 Å². The van der Waals surface area contributed by atoms with Crippen molar-refractivity contribution in [3.8, 4) is 17.0 Å². The van der Waals surface area contributed by atoms with E-state index >= 15 is 0 Å². The van der Waals surface area contributed by atoms with Crippen LogP contribution in [0.1, 0.15) is 93.1 Å². The summed E-state index contributed by atoms with van der Waals surface area (Å²) >= 11 is 0. The van der Waals surface area contributed by atoms with Gasteiger partial charge in [0.2, 0.25) is 20.0 Å². The number of benzene rings is 2. The first kappa shape index (κ1) is 33.6. The van der Waals surface area contributed by atoms with Crippen LogP contribution in [-0.4, -0.2) is 85.8 Å². The Morgan fingerprint density at radius 3 is 2.46 bits per heavy atom. The smallest absolute Gasteiger partial charge is 0.264 e. The molecule has 0 spiro atoms. The van der Waals surface area contributed by atoms with Crippen molar-refractivity contribution in [3.05, 3.63) is 53.1 Å². The largest absolute Gasteiger partial charge is 0.497 e. The van der Waals surface area contributed by atoms with Crippen molar-refractivity contribution < 1.29 is 26.4 Å². The molecule has 3 aliphatic heterocycles. The third-order valence-electron chi connectivity index (χ3n) is 11.4. The van der Waals surface area contributed by atoms with E-state index in [4.69, 9.17) is 4.74 Å². The van der Waals surface area contributed by atoms with E-state index in [1.165, 1.54) is 25.8 Å². The van der Waals surface area contributed by atoms with E-state index in [9.17, 15) is 21.6 Å². The summed E-state index contributed by atoms with van der Waals surface area (Å²) in [6.45, 7) is 7.88. The van der Waals surface area contributed by atoms with E-state index in [1.807, 2.05) is 25.1 Å². The number of fused-ring (bicyclic) bond motifs is 6. The van der Waals surface area contributed by atoms with Crippen LogP contribution >= 0.6 is 0 Å². The number of amides is 1. The number of hydrogen-bond acceptors (Lipinski definition) is 7. The van der Waals surface area contributed by atoms with Gasteiger partial charge in [0.25, 0.3) is 5.91 Å². The summed E-state index contributed by atoms with van der Waals surface area (Å²) in [5.41, 5.74) is 5.09. The molecule has 1 aliphatic carbocycles. The van der Waals surface area contributed by atoms with Crippen LogP contribution in [0.2, 0.25) is 0 Å². The number of methoxy groups -OCH3 is 1. The number of aromatic nitrogens is 1. The average molecular weight is 697 g/mol. The zero-order valence-electron chi connectivity index (χ0n) is 28.5. The SMILES string of the molecule is COc1ccc2c(c1)CC(C)(S(=O)(=O)N1CCN3CCCC3C1)Cn1c-2c(C2CCCCC2)c2ccc(C(=O)NS(=O)(=O)C(C)C)cc21. The Morgan fingerprint density at radius 2 is 1.73 bits per heavy atom. The predicted molar refractivity (Wildman–Crippen MR) is 188 cm³/mol. The number of nitrogens with one attached hydrogen (secondary N) is 1. The van der Waals surface area contributed by atoms with Gasteiger partial charge in [-0.1, -0.05) is 25.3 Å². The highest BCUT2D eigenvalue weighted by Crippen LogP contribution is 2.49. The predicted octanol–water partition coefficient (Wildman–Crippen LogP) is 5.26. The summed E-state index contributed by atoms with van der Waals surface area (Å²) in [5.74, 6) is 0.274. The van der Waals surface area contributed by atoms with Gasteiger partial charge in [0.15, 0.2) is 0 Å². The second kappa shape index (κ2) is 12.4. The van der Waals surface area contributed by atoms with Crippen molar-refractivity contribution in [1.82, 2.24) is 18.5 Å². The molecule has 1 amide bonds. The van der Waals surface area contributed by atoms with Crippen LogP contribution in [0.3, 0.4) is 0 Å². The summed E-state index contributed by atoms with van der Waals surface area (Å²) in [5, 5.41) is 0.223. The van der Waals surface area contributed by atoms with Gasteiger partial charge in [-0.15, -0.1) is 0 Å². The number of hydrogen-bond donors (Lipinski definition) is 1.